The molecule has 0 aliphatic rings. The van der Waals surface area contributed by atoms with Gasteiger partial charge in [-0.25, -0.2) is 9.97 Å². The Balaban J connectivity index is 1.79. The van der Waals surface area contributed by atoms with Crippen molar-refractivity contribution in [2.75, 3.05) is 14.2 Å². The number of ether oxygens (including phenoxy) is 2. The number of nitrogens with one attached hydrogen (secondary N) is 1. The summed E-state index contributed by atoms with van der Waals surface area (Å²) in [5.74, 6) is 1.73. The van der Waals surface area contributed by atoms with E-state index in [2.05, 4.69) is 15.0 Å². The SMILES string of the molecule is COc1cc2ncn(Cc3nc4ccccc4[nH]3)c(=O)c2cc1OC. The highest BCUT2D eigenvalue weighted by Crippen LogP contribution is 2.29. The number of hydrogen-bond acceptors (Lipinski definition) is 5. The summed E-state index contributed by atoms with van der Waals surface area (Å²) in [5.41, 5.74) is 2.20. The van der Waals surface area contributed by atoms with Gasteiger partial charge in [-0.2, -0.15) is 0 Å². The van der Waals surface area contributed by atoms with Gasteiger partial charge in [-0.05, 0) is 18.2 Å². The second-order valence-corrected chi connectivity index (χ2v) is 5.60. The predicted octanol–water partition coefficient (Wildman–Crippen LogP) is 2.34. The molecule has 0 unspecified atom stereocenters. The molecule has 0 amide bonds. The van der Waals surface area contributed by atoms with Crippen LogP contribution in [-0.2, 0) is 6.54 Å². The first-order valence-corrected chi connectivity index (χ1v) is 7.74. The van der Waals surface area contributed by atoms with Crippen LogP contribution in [-0.4, -0.2) is 33.7 Å². The van der Waals surface area contributed by atoms with Gasteiger partial charge in [0.25, 0.3) is 5.56 Å². The lowest BCUT2D eigenvalue weighted by Crippen LogP contribution is -2.21. The van der Waals surface area contributed by atoms with Crippen LogP contribution in [0.5, 0.6) is 11.5 Å². The number of nitrogens with zero attached hydrogens (tertiary/aromatic N) is 3. The van der Waals surface area contributed by atoms with Gasteiger partial charge in [0, 0.05) is 6.07 Å². The number of para-hydroxylation sites is 2. The maximum absolute atomic E-state index is 12.8. The summed E-state index contributed by atoms with van der Waals surface area (Å²) in [6.07, 6.45) is 1.52. The molecule has 0 aliphatic heterocycles. The zero-order chi connectivity index (χ0) is 17.4. The van der Waals surface area contributed by atoms with Crippen molar-refractivity contribution in [1.82, 2.24) is 19.5 Å². The average Bonchev–Trinajstić information content (AvgIpc) is 3.05. The first kappa shape index (κ1) is 15.2. The summed E-state index contributed by atoms with van der Waals surface area (Å²) >= 11 is 0. The number of methoxy groups -OCH3 is 2. The van der Waals surface area contributed by atoms with Crippen LogP contribution in [0.2, 0.25) is 0 Å². The van der Waals surface area contributed by atoms with E-state index in [9.17, 15) is 4.79 Å². The van der Waals surface area contributed by atoms with Gasteiger partial charge < -0.3 is 14.5 Å². The Morgan fingerprint density at radius 2 is 1.84 bits per heavy atom. The van der Waals surface area contributed by atoms with E-state index >= 15 is 0 Å². The molecule has 0 atom stereocenters. The van der Waals surface area contributed by atoms with Gasteiger partial charge in [-0.1, -0.05) is 12.1 Å². The van der Waals surface area contributed by atoms with Crippen molar-refractivity contribution < 1.29 is 9.47 Å². The lowest BCUT2D eigenvalue weighted by molar-refractivity contribution is 0.355. The van der Waals surface area contributed by atoms with Crippen LogP contribution in [0.25, 0.3) is 21.9 Å². The zero-order valence-corrected chi connectivity index (χ0v) is 13.8. The van der Waals surface area contributed by atoms with Gasteiger partial charge in [0.1, 0.15) is 5.82 Å². The largest absolute Gasteiger partial charge is 0.493 e. The Hall–Kier alpha value is -3.35. The Kier molecular flexibility index (Phi) is 3.61. The molecule has 0 saturated carbocycles. The molecule has 2 heterocycles. The quantitative estimate of drug-likeness (QED) is 0.618. The minimum absolute atomic E-state index is 0.161. The second-order valence-electron chi connectivity index (χ2n) is 5.60. The molecule has 7 heteroatoms. The Bertz CT molecular complexity index is 1100. The predicted molar refractivity (Wildman–Crippen MR) is 94.3 cm³/mol. The molecule has 0 spiro atoms. The van der Waals surface area contributed by atoms with Crippen LogP contribution in [0.1, 0.15) is 5.82 Å². The van der Waals surface area contributed by atoms with Crippen molar-refractivity contribution in [1.29, 1.82) is 0 Å². The van der Waals surface area contributed by atoms with Crippen molar-refractivity contribution in [3.63, 3.8) is 0 Å². The molecule has 0 bridgehead atoms. The Morgan fingerprint density at radius 3 is 2.60 bits per heavy atom. The molecule has 7 nitrogen and oxygen atoms in total. The molecule has 2 aromatic carbocycles. The molecular formula is C18H16N4O3. The monoisotopic (exact) mass is 336 g/mol. The van der Waals surface area contributed by atoms with Gasteiger partial charge in [0.05, 0.1) is 49.0 Å². The molecule has 4 aromatic rings. The van der Waals surface area contributed by atoms with Crippen LogP contribution in [0.4, 0.5) is 0 Å². The van der Waals surface area contributed by atoms with Crippen LogP contribution in [0.15, 0.2) is 47.5 Å². The van der Waals surface area contributed by atoms with Gasteiger partial charge in [0.15, 0.2) is 11.5 Å². The van der Waals surface area contributed by atoms with E-state index < -0.39 is 0 Å². The van der Waals surface area contributed by atoms with E-state index in [4.69, 9.17) is 9.47 Å². The van der Waals surface area contributed by atoms with Crippen LogP contribution >= 0.6 is 0 Å². The Labute approximate surface area is 142 Å². The number of aromatic nitrogens is 4. The minimum atomic E-state index is -0.161. The summed E-state index contributed by atoms with van der Waals surface area (Å²) in [4.78, 5) is 24.9. The minimum Gasteiger partial charge on any atom is -0.493 e. The molecule has 1 N–H and O–H groups in total. The number of H-pyrrole nitrogens is 1. The maximum atomic E-state index is 12.8. The third-order valence-corrected chi connectivity index (χ3v) is 4.09. The van der Waals surface area contributed by atoms with Crippen LogP contribution in [0.3, 0.4) is 0 Å². The molecule has 2 aromatic heterocycles. The second kappa shape index (κ2) is 5.94. The fourth-order valence-corrected chi connectivity index (χ4v) is 2.84. The first-order chi connectivity index (χ1) is 12.2. The van der Waals surface area contributed by atoms with Gasteiger partial charge >= 0.3 is 0 Å². The number of imidazole rings is 1. The highest BCUT2D eigenvalue weighted by atomic mass is 16.5. The topological polar surface area (TPSA) is 82.0 Å². The number of benzene rings is 2. The standard InChI is InChI=1S/C18H16N4O3/c1-24-15-7-11-14(8-16(15)25-2)19-10-22(18(11)23)9-17-20-12-5-3-4-6-13(12)21-17/h3-8,10H,9H2,1-2H3,(H,20,21). The van der Waals surface area contributed by atoms with E-state index in [0.29, 0.717) is 34.8 Å². The molecular weight excluding hydrogens is 320 g/mol. The van der Waals surface area contributed by atoms with E-state index in [-0.39, 0.29) is 5.56 Å². The molecule has 4 rings (SSSR count). The molecule has 25 heavy (non-hydrogen) atoms. The highest BCUT2D eigenvalue weighted by molar-refractivity contribution is 5.81. The van der Waals surface area contributed by atoms with Crippen molar-refractivity contribution in [2.45, 2.75) is 6.54 Å². The summed E-state index contributed by atoms with van der Waals surface area (Å²) in [6.45, 7) is 0.310. The van der Waals surface area contributed by atoms with Crippen molar-refractivity contribution >= 4 is 21.9 Å². The number of fused-ring (bicyclic) bond motifs is 2. The third kappa shape index (κ3) is 2.59. The van der Waals surface area contributed by atoms with Crippen molar-refractivity contribution in [2.24, 2.45) is 0 Å². The average molecular weight is 336 g/mol. The fraction of sp³-hybridized carbons (Fsp3) is 0.167. The van der Waals surface area contributed by atoms with E-state index in [0.717, 1.165) is 11.0 Å². The first-order valence-electron chi connectivity index (χ1n) is 7.74. The van der Waals surface area contributed by atoms with Crippen LogP contribution < -0.4 is 15.0 Å². The number of hydrogen-bond donors (Lipinski definition) is 1. The van der Waals surface area contributed by atoms with Gasteiger partial charge in [-0.3, -0.25) is 9.36 Å². The van der Waals surface area contributed by atoms with Crippen molar-refractivity contribution in [3.05, 3.63) is 58.9 Å². The van der Waals surface area contributed by atoms with E-state index in [1.54, 1.807) is 19.2 Å². The molecule has 0 aliphatic carbocycles. The lowest BCUT2D eigenvalue weighted by Gasteiger charge is -2.10. The van der Waals surface area contributed by atoms with Crippen LogP contribution in [0, 0.1) is 0 Å². The zero-order valence-electron chi connectivity index (χ0n) is 13.8. The summed E-state index contributed by atoms with van der Waals surface area (Å²) < 4.78 is 12.1. The summed E-state index contributed by atoms with van der Waals surface area (Å²) in [7, 11) is 3.08. The molecule has 0 radical (unpaired) electrons. The summed E-state index contributed by atoms with van der Waals surface area (Å²) in [5, 5.41) is 0.469. The van der Waals surface area contributed by atoms with Crippen molar-refractivity contribution in [3.8, 4) is 11.5 Å². The smallest absolute Gasteiger partial charge is 0.261 e. The van der Waals surface area contributed by atoms with E-state index in [1.807, 2.05) is 24.3 Å². The third-order valence-electron chi connectivity index (χ3n) is 4.09. The fourth-order valence-electron chi connectivity index (χ4n) is 2.84. The lowest BCUT2D eigenvalue weighted by atomic mass is 10.2. The normalized spacial score (nSPS) is 11.1. The van der Waals surface area contributed by atoms with E-state index in [1.165, 1.54) is 18.0 Å². The Morgan fingerprint density at radius 1 is 1.08 bits per heavy atom. The highest BCUT2D eigenvalue weighted by Gasteiger charge is 2.12. The number of rotatable bonds is 4. The maximum Gasteiger partial charge on any atom is 0.261 e. The number of aromatic amines is 1. The molecule has 0 fully saturated rings. The van der Waals surface area contributed by atoms with Gasteiger partial charge in [0.2, 0.25) is 0 Å². The summed E-state index contributed by atoms with van der Waals surface area (Å²) in [6, 6.07) is 11.1. The molecule has 0 saturated heterocycles. The molecule has 126 valence electrons. The van der Waals surface area contributed by atoms with Gasteiger partial charge in [-0.15, -0.1) is 0 Å².